The lowest BCUT2D eigenvalue weighted by molar-refractivity contribution is 0.0967. The van der Waals surface area contributed by atoms with Gasteiger partial charge < -0.3 is 19.6 Å². The zero-order valence-electron chi connectivity index (χ0n) is 12.8. The van der Waals surface area contributed by atoms with E-state index >= 15 is 0 Å². The molecule has 0 amide bonds. The summed E-state index contributed by atoms with van der Waals surface area (Å²) < 4.78 is 10.7. The first-order valence-electron chi connectivity index (χ1n) is 7.11. The highest BCUT2D eigenvalue weighted by atomic mass is 35.5. The predicted octanol–water partition coefficient (Wildman–Crippen LogP) is 2.87. The fourth-order valence-electron chi connectivity index (χ4n) is 2.22. The van der Waals surface area contributed by atoms with Crippen LogP contribution in [0.1, 0.15) is 19.0 Å². The summed E-state index contributed by atoms with van der Waals surface area (Å²) in [6, 6.07) is 7.37. The van der Waals surface area contributed by atoms with Crippen LogP contribution in [-0.2, 0) is 11.3 Å². The second-order valence-electron chi connectivity index (χ2n) is 5.48. The van der Waals surface area contributed by atoms with Gasteiger partial charge in [0, 0.05) is 36.4 Å². The zero-order valence-corrected chi connectivity index (χ0v) is 13.6. The van der Waals surface area contributed by atoms with E-state index < -0.39 is 0 Å². The molecule has 2 N–H and O–H groups in total. The summed E-state index contributed by atoms with van der Waals surface area (Å²) in [6.45, 7) is 3.14. The van der Waals surface area contributed by atoms with E-state index in [1.807, 2.05) is 31.2 Å². The summed E-state index contributed by atoms with van der Waals surface area (Å²) in [5.74, 6) is 0.537. The third-order valence-electron chi connectivity index (χ3n) is 3.45. The molecule has 0 radical (unpaired) electrons. The number of rotatable bonds is 8. The molecule has 0 bridgehead atoms. The topological polar surface area (TPSA) is 67.5 Å². The summed E-state index contributed by atoms with van der Waals surface area (Å²) in [5, 5.41) is 13.2. The molecule has 0 aliphatic carbocycles. The average Bonchev–Trinajstić information content (AvgIpc) is 2.95. The number of halogens is 1. The van der Waals surface area contributed by atoms with Gasteiger partial charge in [0.1, 0.15) is 6.26 Å². The summed E-state index contributed by atoms with van der Waals surface area (Å²) in [5.41, 5.74) is 1.32. The number of nitrogens with zero attached hydrogens (tertiary/aromatic N) is 1. The summed E-state index contributed by atoms with van der Waals surface area (Å²) in [6.07, 6.45) is 2.22. The summed E-state index contributed by atoms with van der Waals surface area (Å²) in [7, 11) is 1.64. The monoisotopic (exact) mass is 324 g/mol. The van der Waals surface area contributed by atoms with Gasteiger partial charge in [-0.05, 0) is 31.5 Å². The van der Waals surface area contributed by atoms with Crippen LogP contribution in [0.25, 0.3) is 11.5 Å². The molecule has 1 atom stereocenters. The van der Waals surface area contributed by atoms with Gasteiger partial charge in [0.05, 0.1) is 12.3 Å². The second-order valence-corrected chi connectivity index (χ2v) is 5.91. The largest absolute Gasteiger partial charge is 0.444 e. The number of aliphatic hydroxyl groups excluding tert-OH is 1. The van der Waals surface area contributed by atoms with E-state index in [4.69, 9.17) is 25.9 Å². The van der Waals surface area contributed by atoms with Crippen molar-refractivity contribution >= 4 is 11.6 Å². The summed E-state index contributed by atoms with van der Waals surface area (Å²) >= 11 is 5.97. The first-order valence-corrected chi connectivity index (χ1v) is 7.49. The van der Waals surface area contributed by atoms with E-state index in [0.29, 0.717) is 30.5 Å². The predicted molar refractivity (Wildman–Crippen MR) is 85.8 cm³/mol. The highest BCUT2D eigenvalue weighted by Gasteiger charge is 2.23. The third-order valence-corrected chi connectivity index (χ3v) is 3.68. The standard InChI is InChI=1S/C16H21ClN2O3/c1-16(6-7-20,11-21-2)18-9-14-10-22-15(19-14)12-4-3-5-13(17)8-12/h3-5,8,10,18,20H,6-7,9,11H2,1-2H3. The molecule has 0 aliphatic rings. The number of methoxy groups -OCH3 is 1. The molecule has 1 heterocycles. The lowest BCUT2D eigenvalue weighted by Crippen LogP contribution is -2.46. The maximum absolute atomic E-state index is 9.16. The Kier molecular flexibility index (Phi) is 5.97. The maximum Gasteiger partial charge on any atom is 0.226 e. The van der Waals surface area contributed by atoms with E-state index in [9.17, 15) is 0 Å². The van der Waals surface area contributed by atoms with Crippen LogP contribution in [0.5, 0.6) is 0 Å². The molecular formula is C16H21ClN2O3. The van der Waals surface area contributed by atoms with Crippen molar-refractivity contribution in [3.05, 3.63) is 41.2 Å². The van der Waals surface area contributed by atoms with Gasteiger partial charge in [0.15, 0.2) is 0 Å². The van der Waals surface area contributed by atoms with Crippen LogP contribution < -0.4 is 5.32 Å². The molecule has 22 heavy (non-hydrogen) atoms. The van der Waals surface area contributed by atoms with Crippen LogP contribution in [0.3, 0.4) is 0 Å². The number of ether oxygens (including phenoxy) is 1. The molecule has 0 spiro atoms. The van der Waals surface area contributed by atoms with Crippen molar-refractivity contribution in [2.24, 2.45) is 0 Å². The number of hydrogen-bond donors (Lipinski definition) is 2. The molecule has 0 saturated carbocycles. The van der Waals surface area contributed by atoms with E-state index in [1.54, 1.807) is 13.4 Å². The third kappa shape index (κ3) is 4.55. The molecule has 0 saturated heterocycles. The molecule has 6 heteroatoms. The Morgan fingerprint density at radius 2 is 2.27 bits per heavy atom. The Balaban J connectivity index is 2.03. The first-order chi connectivity index (χ1) is 10.6. The highest BCUT2D eigenvalue weighted by Crippen LogP contribution is 2.22. The maximum atomic E-state index is 9.16. The van der Waals surface area contributed by atoms with Crippen molar-refractivity contribution in [2.45, 2.75) is 25.4 Å². The number of benzene rings is 1. The number of nitrogens with one attached hydrogen (secondary N) is 1. The van der Waals surface area contributed by atoms with E-state index in [1.165, 1.54) is 0 Å². The molecule has 120 valence electrons. The molecule has 2 aromatic rings. The van der Waals surface area contributed by atoms with Crippen molar-refractivity contribution in [1.82, 2.24) is 10.3 Å². The minimum atomic E-state index is -0.307. The first kappa shape index (κ1) is 17.0. The Morgan fingerprint density at radius 1 is 1.45 bits per heavy atom. The lowest BCUT2D eigenvalue weighted by atomic mass is 9.99. The minimum absolute atomic E-state index is 0.0967. The van der Waals surface area contributed by atoms with Gasteiger partial charge in [-0.3, -0.25) is 0 Å². The Bertz CT molecular complexity index is 595. The molecular weight excluding hydrogens is 304 g/mol. The van der Waals surface area contributed by atoms with Gasteiger partial charge in [-0.2, -0.15) is 0 Å². The van der Waals surface area contributed by atoms with Crippen LogP contribution >= 0.6 is 11.6 Å². The van der Waals surface area contributed by atoms with Gasteiger partial charge >= 0.3 is 0 Å². The molecule has 1 unspecified atom stereocenters. The normalized spacial score (nSPS) is 14.0. The van der Waals surface area contributed by atoms with Gasteiger partial charge in [-0.1, -0.05) is 17.7 Å². The average molecular weight is 325 g/mol. The Labute approximate surface area is 135 Å². The van der Waals surface area contributed by atoms with Crippen molar-refractivity contribution < 1.29 is 14.3 Å². The smallest absolute Gasteiger partial charge is 0.226 e. The van der Waals surface area contributed by atoms with E-state index in [2.05, 4.69) is 10.3 Å². The van der Waals surface area contributed by atoms with Crippen molar-refractivity contribution in [3.63, 3.8) is 0 Å². The van der Waals surface area contributed by atoms with E-state index in [-0.39, 0.29) is 12.1 Å². The second kappa shape index (κ2) is 7.74. The fourth-order valence-corrected chi connectivity index (χ4v) is 2.41. The SMILES string of the molecule is COCC(C)(CCO)NCc1coc(-c2cccc(Cl)c2)n1. The number of hydrogen-bond acceptors (Lipinski definition) is 5. The Hall–Kier alpha value is -1.40. The van der Waals surface area contributed by atoms with Crippen LogP contribution in [0.2, 0.25) is 5.02 Å². The number of aromatic nitrogens is 1. The minimum Gasteiger partial charge on any atom is -0.444 e. The number of aliphatic hydroxyl groups is 1. The highest BCUT2D eigenvalue weighted by molar-refractivity contribution is 6.30. The molecule has 2 rings (SSSR count). The van der Waals surface area contributed by atoms with Gasteiger partial charge in [-0.15, -0.1) is 0 Å². The zero-order chi connectivity index (χ0) is 16.0. The van der Waals surface area contributed by atoms with Gasteiger partial charge in [-0.25, -0.2) is 4.98 Å². The molecule has 1 aromatic carbocycles. The van der Waals surface area contributed by atoms with Gasteiger partial charge in [0.25, 0.3) is 0 Å². The molecule has 5 nitrogen and oxygen atoms in total. The van der Waals surface area contributed by atoms with Crippen LogP contribution in [0.15, 0.2) is 34.9 Å². The summed E-state index contributed by atoms with van der Waals surface area (Å²) in [4.78, 5) is 4.45. The quantitative estimate of drug-likeness (QED) is 0.781. The molecule has 1 aromatic heterocycles. The fraction of sp³-hybridized carbons (Fsp3) is 0.438. The number of oxazole rings is 1. The van der Waals surface area contributed by atoms with Crippen LogP contribution in [0, 0.1) is 0 Å². The van der Waals surface area contributed by atoms with Crippen LogP contribution in [0.4, 0.5) is 0 Å². The van der Waals surface area contributed by atoms with Crippen LogP contribution in [-0.4, -0.2) is 36.0 Å². The Morgan fingerprint density at radius 3 is 2.95 bits per heavy atom. The van der Waals surface area contributed by atoms with E-state index in [0.717, 1.165) is 11.3 Å². The van der Waals surface area contributed by atoms with Crippen molar-refractivity contribution in [1.29, 1.82) is 0 Å². The van der Waals surface area contributed by atoms with Crippen molar-refractivity contribution in [3.8, 4) is 11.5 Å². The van der Waals surface area contributed by atoms with Crippen molar-refractivity contribution in [2.75, 3.05) is 20.3 Å². The lowest BCUT2D eigenvalue weighted by Gasteiger charge is -2.29. The van der Waals surface area contributed by atoms with Gasteiger partial charge in [0.2, 0.25) is 5.89 Å². The molecule has 0 aliphatic heterocycles. The molecule has 0 fully saturated rings.